The number of anilines is 2. The molecule has 1 saturated carbocycles. The number of carbonyl (C=O) groups excluding carboxylic acids is 4. The summed E-state index contributed by atoms with van der Waals surface area (Å²) in [5.74, 6) is -0.943. The number of hydrogen-bond acceptors (Lipinski definition) is 6. The second kappa shape index (κ2) is 13.8. The first-order chi connectivity index (χ1) is 21.2. The lowest BCUT2D eigenvalue weighted by molar-refractivity contribution is -0.145. The zero-order valence-corrected chi connectivity index (χ0v) is 24.7. The van der Waals surface area contributed by atoms with Crippen molar-refractivity contribution in [1.82, 2.24) is 0 Å². The molecule has 0 heterocycles. The van der Waals surface area contributed by atoms with Gasteiger partial charge in [-0.1, -0.05) is 35.4 Å². The van der Waals surface area contributed by atoms with Crippen molar-refractivity contribution in [1.29, 1.82) is 0 Å². The number of rotatable bonds is 8. The molecule has 1 aliphatic rings. The molecule has 1 fully saturated rings. The predicted molar refractivity (Wildman–Crippen MR) is 168 cm³/mol. The fourth-order valence-electron chi connectivity index (χ4n) is 4.99. The summed E-state index contributed by atoms with van der Waals surface area (Å²) in [4.78, 5) is 50.4. The highest BCUT2D eigenvalue weighted by Gasteiger charge is 2.32. The highest BCUT2D eigenvalue weighted by atomic mass is 16.5. The first-order valence-electron chi connectivity index (χ1n) is 14.6. The van der Waals surface area contributed by atoms with Crippen LogP contribution in [0.4, 0.5) is 11.4 Å². The first-order valence-corrected chi connectivity index (χ1v) is 14.6. The number of hydrogen-bond donors (Lipinski definition) is 2. The highest BCUT2D eigenvalue weighted by molar-refractivity contribution is 6.05. The van der Waals surface area contributed by atoms with Crippen LogP contribution in [0, 0.1) is 25.7 Å². The minimum absolute atomic E-state index is 0.218. The maximum absolute atomic E-state index is 12.8. The topological polar surface area (TPSA) is 111 Å². The van der Waals surface area contributed by atoms with Crippen LogP contribution in [0.15, 0.2) is 97.1 Å². The average molecular weight is 591 g/mol. The number of amides is 2. The van der Waals surface area contributed by atoms with Crippen LogP contribution in [-0.4, -0.2) is 23.8 Å². The van der Waals surface area contributed by atoms with Gasteiger partial charge < -0.3 is 20.1 Å². The number of aryl methyl sites for hydroxylation is 2. The quantitative estimate of drug-likeness (QED) is 0.167. The summed E-state index contributed by atoms with van der Waals surface area (Å²) in [5.41, 5.74) is 4.45. The molecule has 2 N–H and O–H groups in total. The van der Waals surface area contributed by atoms with Crippen LogP contribution in [0.5, 0.6) is 11.5 Å². The average Bonchev–Trinajstić information content (AvgIpc) is 3.03. The molecule has 0 bridgehead atoms. The molecule has 8 heteroatoms. The number of carbonyl (C=O) groups is 4. The molecule has 0 atom stereocenters. The lowest BCUT2D eigenvalue weighted by Gasteiger charge is -2.25. The summed E-state index contributed by atoms with van der Waals surface area (Å²) in [7, 11) is 0. The Morgan fingerprint density at radius 1 is 0.500 bits per heavy atom. The summed E-state index contributed by atoms with van der Waals surface area (Å²) >= 11 is 0. The second-order valence-corrected chi connectivity index (χ2v) is 11.1. The van der Waals surface area contributed by atoms with Gasteiger partial charge in [-0.3, -0.25) is 19.2 Å². The molecule has 4 aromatic carbocycles. The zero-order valence-electron chi connectivity index (χ0n) is 24.7. The zero-order chi connectivity index (χ0) is 31.1. The fraction of sp³-hybridized carbons (Fsp3) is 0.222. The van der Waals surface area contributed by atoms with E-state index in [1.165, 1.54) is 0 Å². The Bertz CT molecular complexity index is 1500. The van der Waals surface area contributed by atoms with Crippen molar-refractivity contribution in [3.63, 3.8) is 0 Å². The minimum Gasteiger partial charge on any atom is -0.426 e. The summed E-state index contributed by atoms with van der Waals surface area (Å²) < 4.78 is 11.2. The fourth-order valence-corrected chi connectivity index (χ4v) is 4.99. The minimum atomic E-state index is -0.337. The van der Waals surface area contributed by atoms with E-state index in [1.807, 2.05) is 38.1 Å². The molecule has 224 valence electrons. The highest BCUT2D eigenvalue weighted by Crippen LogP contribution is 2.32. The maximum atomic E-state index is 12.8. The van der Waals surface area contributed by atoms with E-state index < -0.39 is 0 Å². The van der Waals surface area contributed by atoms with Gasteiger partial charge in [0.05, 0.1) is 11.8 Å². The summed E-state index contributed by atoms with van der Waals surface area (Å²) in [6.07, 6.45) is 2.08. The van der Waals surface area contributed by atoms with Gasteiger partial charge in [0.2, 0.25) is 0 Å². The Morgan fingerprint density at radius 2 is 0.818 bits per heavy atom. The standard InChI is InChI=1S/C36H34N2O6/c1-23-3-7-25(8-4-23)33(39)37-29-15-19-31(20-16-29)43-35(41)27-11-13-28(14-12-27)36(42)44-32-21-17-30(18-22-32)38-34(40)26-9-5-24(2)6-10-26/h3-10,15-22,27-28H,11-14H2,1-2H3,(H,37,39)(H,38,40). The third-order valence-corrected chi connectivity index (χ3v) is 7.68. The van der Waals surface area contributed by atoms with E-state index >= 15 is 0 Å². The van der Waals surface area contributed by atoms with Gasteiger partial charge in [-0.25, -0.2) is 0 Å². The third kappa shape index (κ3) is 7.98. The van der Waals surface area contributed by atoms with Gasteiger partial charge in [-0.15, -0.1) is 0 Å². The van der Waals surface area contributed by atoms with Crippen LogP contribution in [0.2, 0.25) is 0 Å². The van der Waals surface area contributed by atoms with Crippen molar-refractivity contribution < 1.29 is 28.7 Å². The molecule has 0 radical (unpaired) electrons. The van der Waals surface area contributed by atoms with Gasteiger partial charge in [0.25, 0.3) is 11.8 Å². The van der Waals surface area contributed by atoms with E-state index in [0.717, 1.165) is 11.1 Å². The smallest absolute Gasteiger partial charge is 0.314 e. The van der Waals surface area contributed by atoms with Gasteiger partial charge in [0.1, 0.15) is 11.5 Å². The van der Waals surface area contributed by atoms with Gasteiger partial charge >= 0.3 is 11.9 Å². The van der Waals surface area contributed by atoms with Crippen molar-refractivity contribution in [3.8, 4) is 11.5 Å². The molecule has 0 aromatic heterocycles. The number of ether oxygens (including phenoxy) is 2. The van der Waals surface area contributed by atoms with Crippen LogP contribution in [0.3, 0.4) is 0 Å². The molecule has 2 amide bonds. The number of esters is 2. The van der Waals surface area contributed by atoms with E-state index in [4.69, 9.17) is 9.47 Å². The Labute approximate surface area is 256 Å². The van der Waals surface area contributed by atoms with Crippen molar-refractivity contribution in [2.24, 2.45) is 11.8 Å². The number of nitrogens with one attached hydrogen (secondary N) is 2. The summed E-state index contributed by atoms with van der Waals surface area (Å²) in [6, 6.07) is 27.9. The molecular formula is C36H34N2O6. The largest absolute Gasteiger partial charge is 0.426 e. The van der Waals surface area contributed by atoms with Gasteiger partial charge in [0, 0.05) is 22.5 Å². The lowest BCUT2D eigenvalue weighted by atomic mass is 9.82. The molecule has 1 aliphatic carbocycles. The maximum Gasteiger partial charge on any atom is 0.314 e. The van der Waals surface area contributed by atoms with E-state index in [-0.39, 0.29) is 35.6 Å². The third-order valence-electron chi connectivity index (χ3n) is 7.68. The van der Waals surface area contributed by atoms with Crippen molar-refractivity contribution in [3.05, 3.63) is 119 Å². The van der Waals surface area contributed by atoms with E-state index in [9.17, 15) is 19.2 Å². The Morgan fingerprint density at radius 3 is 1.14 bits per heavy atom. The normalized spacial score (nSPS) is 16.0. The molecule has 0 saturated heterocycles. The van der Waals surface area contributed by atoms with E-state index in [2.05, 4.69) is 10.6 Å². The Kier molecular flexibility index (Phi) is 9.49. The second-order valence-electron chi connectivity index (χ2n) is 11.1. The molecule has 44 heavy (non-hydrogen) atoms. The SMILES string of the molecule is Cc1ccc(C(=O)Nc2ccc(OC(=O)C3CCC(C(=O)Oc4ccc(NC(=O)c5ccc(C)cc5)cc4)CC3)cc2)cc1. The Balaban J connectivity index is 1.05. The molecule has 0 aliphatic heterocycles. The van der Waals surface area contributed by atoms with E-state index in [0.29, 0.717) is 59.7 Å². The van der Waals surface area contributed by atoms with E-state index in [1.54, 1.807) is 72.8 Å². The monoisotopic (exact) mass is 590 g/mol. The first kappa shape index (κ1) is 30.2. The van der Waals surface area contributed by atoms with Crippen molar-refractivity contribution in [2.45, 2.75) is 39.5 Å². The summed E-state index contributed by atoms with van der Waals surface area (Å²) in [5, 5.41) is 5.66. The molecule has 5 rings (SSSR count). The van der Waals surface area contributed by atoms with Gasteiger partial charge in [0.15, 0.2) is 0 Å². The molecular weight excluding hydrogens is 556 g/mol. The van der Waals surface area contributed by atoms with Crippen LogP contribution >= 0.6 is 0 Å². The molecule has 4 aromatic rings. The predicted octanol–water partition coefficient (Wildman–Crippen LogP) is 7.13. The van der Waals surface area contributed by atoms with Crippen LogP contribution in [0.25, 0.3) is 0 Å². The lowest BCUT2D eigenvalue weighted by Crippen LogP contribution is -2.30. The van der Waals surface area contributed by atoms with Crippen LogP contribution in [-0.2, 0) is 9.59 Å². The molecule has 0 spiro atoms. The van der Waals surface area contributed by atoms with Gasteiger partial charge in [-0.05, 0) is 112 Å². The van der Waals surface area contributed by atoms with Crippen LogP contribution in [0.1, 0.15) is 57.5 Å². The molecule has 8 nitrogen and oxygen atoms in total. The number of benzene rings is 4. The van der Waals surface area contributed by atoms with Crippen LogP contribution < -0.4 is 20.1 Å². The van der Waals surface area contributed by atoms with Crippen molar-refractivity contribution in [2.75, 3.05) is 10.6 Å². The Hall–Kier alpha value is -5.24. The van der Waals surface area contributed by atoms with Crippen molar-refractivity contribution >= 4 is 35.1 Å². The van der Waals surface area contributed by atoms with Gasteiger partial charge in [-0.2, -0.15) is 0 Å². The summed E-state index contributed by atoms with van der Waals surface area (Å²) in [6.45, 7) is 3.92. The molecule has 0 unspecified atom stereocenters.